The molecule has 0 aliphatic rings. The number of nitriles is 1. The van der Waals surface area contributed by atoms with E-state index < -0.39 is 17.5 Å². The molecule has 0 unspecified atom stereocenters. The fraction of sp³-hybridized carbons (Fsp3) is 0.500. The second-order valence-electron chi connectivity index (χ2n) is 3.62. The van der Waals surface area contributed by atoms with Gasteiger partial charge in [0, 0.05) is 0 Å². The Balaban J connectivity index is 4.02. The van der Waals surface area contributed by atoms with Crippen LogP contribution in [-0.2, 0) is 14.3 Å². The van der Waals surface area contributed by atoms with Gasteiger partial charge < -0.3 is 19.8 Å². The molecular weight excluding hydrogens is 228 g/mol. The largest absolute Gasteiger partial charge is 0.456 e. The summed E-state index contributed by atoms with van der Waals surface area (Å²) >= 11 is 0. The second-order valence-corrected chi connectivity index (χ2v) is 3.62. The number of hydrogen-bond donors (Lipinski definition) is 2. The molecule has 0 spiro atoms. The number of rotatable bonds is 6. The van der Waals surface area contributed by atoms with E-state index in [1.165, 1.54) is 19.9 Å². The summed E-state index contributed by atoms with van der Waals surface area (Å²) in [7, 11) is 0. The Bertz CT molecular complexity index is 362. The standard InChI is InChI=1S/C10H14N2O5/c1-7(6-17-10(2,3)14)5-16-9(13)8(4-11)12-15/h14-15H,1,5-6H2,2-3H3/b12-8-. The zero-order chi connectivity index (χ0) is 13.5. The summed E-state index contributed by atoms with van der Waals surface area (Å²) in [4.78, 5) is 11.0. The lowest BCUT2D eigenvalue weighted by molar-refractivity contribution is -0.170. The minimum atomic E-state index is -1.31. The lowest BCUT2D eigenvalue weighted by Crippen LogP contribution is -2.25. The highest BCUT2D eigenvalue weighted by Gasteiger charge is 2.15. The van der Waals surface area contributed by atoms with Crippen molar-refractivity contribution in [2.75, 3.05) is 13.2 Å². The van der Waals surface area contributed by atoms with Crippen molar-refractivity contribution in [1.29, 1.82) is 5.26 Å². The molecule has 17 heavy (non-hydrogen) atoms. The van der Waals surface area contributed by atoms with Crippen LogP contribution in [0.15, 0.2) is 17.3 Å². The lowest BCUT2D eigenvalue weighted by atomic mass is 10.3. The summed E-state index contributed by atoms with van der Waals surface area (Å²) in [6.45, 7) is 6.22. The molecule has 0 radical (unpaired) electrons. The van der Waals surface area contributed by atoms with Crippen LogP contribution in [0.2, 0.25) is 0 Å². The third-order valence-electron chi connectivity index (χ3n) is 1.44. The molecule has 0 aromatic rings. The van der Waals surface area contributed by atoms with Crippen molar-refractivity contribution >= 4 is 11.7 Å². The van der Waals surface area contributed by atoms with Crippen LogP contribution in [0.25, 0.3) is 0 Å². The van der Waals surface area contributed by atoms with E-state index in [1.54, 1.807) is 0 Å². The van der Waals surface area contributed by atoms with Crippen LogP contribution in [0.3, 0.4) is 0 Å². The fourth-order valence-corrected chi connectivity index (χ4v) is 0.665. The average molecular weight is 242 g/mol. The Labute approximate surface area is 98.6 Å². The van der Waals surface area contributed by atoms with Crippen LogP contribution in [0.1, 0.15) is 13.8 Å². The average Bonchev–Trinajstić information content (AvgIpc) is 2.24. The number of carbonyl (C=O) groups is 1. The number of carbonyl (C=O) groups excluding carboxylic acids is 1. The van der Waals surface area contributed by atoms with Crippen molar-refractivity contribution in [1.82, 2.24) is 0 Å². The van der Waals surface area contributed by atoms with E-state index in [0.717, 1.165) is 0 Å². The maximum Gasteiger partial charge on any atom is 0.371 e. The summed E-state index contributed by atoms with van der Waals surface area (Å²) < 4.78 is 9.56. The van der Waals surface area contributed by atoms with Crippen LogP contribution in [0.4, 0.5) is 0 Å². The molecule has 2 N–H and O–H groups in total. The van der Waals surface area contributed by atoms with Gasteiger partial charge >= 0.3 is 5.97 Å². The van der Waals surface area contributed by atoms with Gasteiger partial charge in [-0.2, -0.15) is 5.26 Å². The molecule has 0 saturated carbocycles. The first-order chi connectivity index (χ1) is 7.80. The molecule has 0 saturated heterocycles. The van der Waals surface area contributed by atoms with Gasteiger partial charge in [0.05, 0.1) is 6.61 Å². The van der Waals surface area contributed by atoms with Crippen LogP contribution >= 0.6 is 0 Å². The van der Waals surface area contributed by atoms with Gasteiger partial charge in [-0.3, -0.25) is 0 Å². The Morgan fingerprint density at radius 1 is 1.53 bits per heavy atom. The summed E-state index contributed by atoms with van der Waals surface area (Å²) in [5.74, 6) is -2.36. The van der Waals surface area contributed by atoms with E-state index in [1.807, 2.05) is 0 Å². The number of hydrogen-bond acceptors (Lipinski definition) is 7. The van der Waals surface area contributed by atoms with Gasteiger partial charge in [-0.05, 0) is 19.4 Å². The fourth-order valence-electron chi connectivity index (χ4n) is 0.665. The first kappa shape index (κ1) is 15.1. The molecule has 0 atom stereocenters. The number of esters is 1. The highest BCUT2D eigenvalue weighted by molar-refractivity contribution is 6.42. The van der Waals surface area contributed by atoms with Crippen molar-refractivity contribution in [3.63, 3.8) is 0 Å². The molecule has 0 aromatic carbocycles. The number of ether oxygens (including phenoxy) is 2. The SMILES string of the molecule is C=C(COC(=O)/C(C#N)=N\O)COC(C)(C)O. The van der Waals surface area contributed by atoms with Gasteiger partial charge in [0.25, 0.3) is 5.71 Å². The molecule has 7 nitrogen and oxygen atoms in total. The van der Waals surface area contributed by atoms with Crippen molar-refractivity contribution < 1.29 is 24.6 Å². The second kappa shape index (κ2) is 6.62. The highest BCUT2D eigenvalue weighted by Crippen LogP contribution is 2.05. The molecule has 94 valence electrons. The van der Waals surface area contributed by atoms with E-state index >= 15 is 0 Å². The zero-order valence-electron chi connectivity index (χ0n) is 9.63. The zero-order valence-corrected chi connectivity index (χ0v) is 9.63. The van der Waals surface area contributed by atoms with Gasteiger partial charge in [0.2, 0.25) is 0 Å². The molecule has 0 bridgehead atoms. The van der Waals surface area contributed by atoms with E-state index in [-0.39, 0.29) is 13.2 Å². The van der Waals surface area contributed by atoms with Crippen molar-refractivity contribution in [2.45, 2.75) is 19.6 Å². The van der Waals surface area contributed by atoms with E-state index in [4.69, 9.17) is 15.2 Å². The topological polar surface area (TPSA) is 112 Å². The minimum absolute atomic E-state index is 0.00503. The Kier molecular flexibility index (Phi) is 5.88. The molecule has 0 aliphatic heterocycles. The van der Waals surface area contributed by atoms with Crippen LogP contribution in [-0.4, -0.2) is 41.0 Å². The molecule has 0 aliphatic carbocycles. The van der Waals surface area contributed by atoms with Crippen molar-refractivity contribution in [3.05, 3.63) is 12.2 Å². The first-order valence-electron chi connectivity index (χ1n) is 4.62. The third-order valence-corrected chi connectivity index (χ3v) is 1.44. The molecule has 0 fully saturated rings. The molecular formula is C10H14N2O5. The molecule has 0 rings (SSSR count). The maximum atomic E-state index is 11.0. The number of nitrogens with zero attached hydrogens (tertiary/aromatic N) is 2. The maximum absolute atomic E-state index is 11.0. The van der Waals surface area contributed by atoms with Crippen LogP contribution in [0, 0.1) is 11.3 Å². The predicted molar refractivity (Wildman–Crippen MR) is 57.2 cm³/mol. The summed E-state index contributed by atoms with van der Waals surface area (Å²) in [5, 5.41) is 28.3. The normalized spacial score (nSPS) is 11.8. The van der Waals surface area contributed by atoms with Crippen LogP contribution in [0.5, 0.6) is 0 Å². The highest BCUT2D eigenvalue weighted by atomic mass is 16.6. The van der Waals surface area contributed by atoms with E-state index in [2.05, 4.69) is 16.5 Å². The van der Waals surface area contributed by atoms with E-state index in [9.17, 15) is 9.90 Å². The minimum Gasteiger partial charge on any atom is -0.456 e. The quantitative estimate of drug-likeness (QED) is 0.172. The third kappa shape index (κ3) is 7.05. The monoisotopic (exact) mass is 242 g/mol. The molecule has 0 aromatic heterocycles. The predicted octanol–water partition coefficient (Wildman–Crippen LogP) is 0.185. The van der Waals surface area contributed by atoms with Gasteiger partial charge in [0.1, 0.15) is 12.7 Å². The Morgan fingerprint density at radius 2 is 2.12 bits per heavy atom. The molecule has 7 heteroatoms. The van der Waals surface area contributed by atoms with Gasteiger partial charge in [-0.1, -0.05) is 11.7 Å². The number of aliphatic hydroxyl groups is 1. The van der Waals surface area contributed by atoms with Crippen LogP contribution < -0.4 is 0 Å². The summed E-state index contributed by atoms with van der Waals surface area (Å²) in [6.07, 6.45) is 0. The van der Waals surface area contributed by atoms with Gasteiger partial charge in [0.15, 0.2) is 5.79 Å². The summed E-state index contributed by atoms with van der Waals surface area (Å²) in [6, 6.07) is 1.36. The first-order valence-corrected chi connectivity index (χ1v) is 4.62. The Morgan fingerprint density at radius 3 is 2.53 bits per heavy atom. The smallest absolute Gasteiger partial charge is 0.371 e. The summed E-state index contributed by atoms with van der Waals surface area (Å²) in [5.41, 5.74) is -0.364. The van der Waals surface area contributed by atoms with Crippen molar-refractivity contribution in [2.24, 2.45) is 5.16 Å². The van der Waals surface area contributed by atoms with E-state index in [0.29, 0.717) is 5.57 Å². The molecule has 0 amide bonds. The number of oxime groups is 1. The lowest BCUT2D eigenvalue weighted by Gasteiger charge is -2.18. The van der Waals surface area contributed by atoms with Gasteiger partial charge in [-0.15, -0.1) is 0 Å². The Hall–Kier alpha value is -1.91. The van der Waals surface area contributed by atoms with Crippen molar-refractivity contribution in [3.8, 4) is 6.07 Å². The molecule has 0 heterocycles. The van der Waals surface area contributed by atoms with Gasteiger partial charge in [-0.25, -0.2) is 4.79 Å².